The molecule has 122 valence electrons. The van der Waals surface area contributed by atoms with Crippen molar-refractivity contribution in [1.82, 2.24) is 0 Å². The Morgan fingerprint density at radius 1 is 1.27 bits per heavy atom. The predicted molar refractivity (Wildman–Crippen MR) is 91.9 cm³/mol. The van der Waals surface area contributed by atoms with Crippen molar-refractivity contribution < 1.29 is 9.13 Å². The van der Waals surface area contributed by atoms with Gasteiger partial charge in [0.25, 0.3) is 0 Å². The molecule has 0 radical (unpaired) electrons. The average molecular weight is 325 g/mol. The molecular weight excluding hydrogens is 299 g/mol. The first-order valence-electron chi connectivity index (χ1n) is 8.45. The van der Waals surface area contributed by atoms with Crippen LogP contribution in [0, 0.1) is 5.82 Å². The Morgan fingerprint density at radius 3 is 2.73 bits per heavy atom. The monoisotopic (exact) mass is 324 g/mol. The molecule has 0 N–H and O–H groups in total. The molecule has 0 saturated carbocycles. The van der Waals surface area contributed by atoms with Crippen molar-refractivity contribution in [2.24, 2.45) is 0 Å². The van der Waals surface area contributed by atoms with Crippen molar-refractivity contribution in [1.29, 1.82) is 0 Å². The van der Waals surface area contributed by atoms with Gasteiger partial charge in [-0.15, -0.1) is 0 Å². The third kappa shape index (κ3) is 4.33. The van der Waals surface area contributed by atoms with Crippen LogP contribution in [0.15, 0.2) is 18.2 Å². The second kappa shape index (κ2) is 8.69. The first kappa shape index (κ1) is 17.5. The lowest BCUT2D eigenvalue weighted by molar-refractivity contribution is 0.0579. The van der Waals surface area contributed by atoms with E-state index in [-0.39, 0.29) is 10.8 Å². The molecule has 1 unspecified atom stereocenters. The number of halogens is 2. The zero-order valence-corrected chi connectivity index (χ0v) is 14.4. The van der Waals surface area contributed by atoms with Gasteiger partial charge < -0.3 is 4.74 Å². The van der Waals surface area contributed by atoms with E-state index in [1.165, 1.54) is 0 Å². The second-order valence-corrected chi connectivity index (χ2v) is 6.32. The van der Waals surface area contributed by atoms with Crippen molar-refractivity contribution >= 4 is 17.2 Å². The van der Waals surface area contributed by atoms with Crippen LogP contribution in [0.1, 0.15) is 63.5 Å². The Kier molecular flexibility index (Phi) is 6.91. The van der Waals surface area contributed by atoms with Crippen LogP contribution in [0.4, 0.5) is 4.39 Å². The maximum absolute atomic E-state index is 14.5. The van der Waals surface area contributed by atoms with Gasteiger partial charge in [-0.3, -0.25) is 0 Å². The van der Waals surface area contributed by atoms with Gasteiger partial charge in [-0.2, -0.15) is 0 Å². The van der Waals surface area contributed by atoms with Gasteiger partial charge in [0.2, 0.25) is 0 Å². The normalized spacial score (nSPS) is 18.4. The van der Waals surface area contributed by atoms with Crippen LogP contribution in [0.3, 0.4) is 0 Å². The summed E-state index contributed by atoms with van der Waals surface area (Å²) < 4.78 is 20.1. The summed E-state index contributed by atoms with van der Waals surface area (Å²) in [5.41, 5.74) is 2.75. The number of rotatable bonds is 7. The summed E-state index contributed by atoms with van der Waals surface area (Å²) in [5, 5.41) is 0.287. The van der Waals surface area contributed by atoms with Gasteiger partial charge >= 0.3 is 0 Å². The van der Waals surface area contributed by atoms with Crippen molar-refractivity contribution in [2.45, 2.75) is 64.9 Å². The summed E-state index contributed by atoms with van der Waals surface area (Å²) in [6.45, 7) is 4.91. The summed E-state index contributed by atoms with van der Waals surface area (Å²) in [5.74, 6) is -0.233. The largest absolute Gasteiger partial charge is 0.378 e. The number of hydrogen-bond acceptors (Lipinski definition) is 1. The van der Waals surface area contributed by atoms with E-state index in [4.69, 9.17) is 16.3 Å². The van der Waals surface area contributed by atoms with Crippen LogP contribution in [-0.4, -0.2) is 12.7 Å². The van der Waals surface area contributed by atoms with Crippen molar-refractivity contribution in [3.8, 4) is 0 Å². The molecule has 1 aliphatic carbocycles. The number of hydrogen-bond donors (Lipinski definition) is 0. The highest BCUT2D eigenvalue weighted by atomic mass is 35.5. The van der Waals surface area contributed by atoms with E-state index in [0.717, 1.165) is 68.3 Å². The number of ether oxygens (including phenoxy) is 1. The smallest absolute Gasteiger partial charge is 0.145 e. The van der Waals surface area contributed by atoms with Crippen molar-refractivity contribution in [3.63, 3.8) is 0 Å². The maximum atomic E-state index is 14.5. The third-order valence-electron chi connectivity index (χ3n) is 4.32. The standard InChI is InChI=1S/C19H26ClFO/c1-3-5-6-7-15-10-13-17(18(20)19(15)21)14-8-11-16(12-9-14)22-4-2/h8,10,13,16H,3-7,9,11-12H2,1-2H3. The van der Waals surface area contributed by atoms with Crippen LogP contribution in [0.5, 0.6) is 0 Å². The van der Waals surface area contributed by atoms with Gasteiger partial charge in [-0.1, -0.05) is 49.6 Å². The quantitative estimate of drug-likeness (QED) is 0.544. The van der Waals surface area contributed by atoms with Crippen LogP contribution in [-0.2, 0) is 11.2 Å². The highest BCUT2D eigenvalue weighted by molar-refractivity contribution is 6.32. The third-order valence-corrected chi connectivity index (χ3v) is 4.69. The van der Waals surface area contributed by atoms with E-state index in [1.807, 2.05) is 19.1 Å². The van der Waals surface area contributed by atoms with Crippen LogP contribution >= 0.6 is 11.6 Å². The fourth-order valence-electron chi connectivity index (χ4n) is 3.04. The highest BCUT2D eigenvalue weighted by Gasteiger charge is 2.19. The summed E-state index contributed by atoms with van der Waals surface area (Å²) in [7, 11) is 0. The summed E-state index contributed by atoms with van der Waals surface area (Å²) in [6, 6.07) is 3.89. The average Bonchev–Trinajstić information content (AvgIpc) is 2.53. The molecule has 0 aliphatic heterocycles. The van der Waals surface area contributed by atoms with Crippen LogP contribution < -0.4 is 0 Å². The van der Waals surface area contributed by atoms with Crippen LogP contribution in [0.25, 0.3) is 5.57 Å². The molecule has 0 saturated heterocycles. The fourth-order valence-corrected chi connectivity index (χ4v) is 3.34. The van der Waals surface area contributed by atoms with Crippen molar-refractivity contribution in [2.75, 3.05) is 6.61 Å². The van der Waals surface area contributed by atoms with E-state index < -0.39 is 0 Å². The first-order chi connectivity index (χ1) is 10.7. The van der Waals surface area contributed by atoms with Gasteiger partial charge in [0.15, 0.2) is 0 Å². The molecule has 0 fully saturated rings. The lowest BCUT2D eigenvalue weighted by Gasteiger charge is -2.22. The summed E-state index contributed by atoms with van der Waals surface area (Å²) in [4.78, 5) is 0. The van der Waals surface area contributed by atoms with E-state index in [2.05, 4.69) is 13.0 Å². The Balaban J connectivity index is 2.11. The van der Waals surface area contributed by atoms with Gasteiger partial charge in [0.1, 0.15) is 5.82 Å². The molecule has 2 rings (SSSR count). The Morgan fingerprint density at radius 2 is 2.09 bits per heavy atom. The molecule has 0 heterocycles. The van der Waals surface area contributed by atoms with Gasteiger partial charge in [-0.05, 0) is 55.7 Å². The molecule has 0 spiro atoms. The molecule has 1 nitrogen and oxygen atoms in total. The molecule has 0 amide bonds. The maximum Gasteiger partial charge on any atom is 0.145 e. The minimum atomic E-state index is -0.233. The van der Waals surface area contributed by atoms with Crippen molar-refractivity contribution in [3.05, 3.63) is 40.2 Å². The van der Waals surface area contributed by atoms with Gasteiger partial charge in [-0.25, -0.2) is 4.39 Å². The first-order valence-corrected chi connectivity index (χ1v) is 8.83. The number of benzene rings is 1. The molecule has 3 heteroatoms. The summed E-state index contributed by atoms with van der Waals surface area (Å²) in [6.07, 6.45) is 9.28. The zero-order valence-electron chi connectivity index (χ0n) is 13.6. The minimum absolute atomic E-state index is 0.233. The minimum Gasteiger partial charge on any atom is -0.378 e. The van der Waals surface area contributed by atoms with E-state index in [0.29, 0.717) is 6.10 Å². The molecule has 1 aromatic rings. The van der Waals surface area contributed by atoms with Gasteiger partial charge in [0, 0.05) is 6.61 Å². The molecule has 22 heavy (non-hydrogen) atoms. The lowest BCUT2D eigenvalue weighted by Crippen LogP contribution is -2.15. The lowest BCUT2D eigenvalue weighted by atomic mass is 9.91. The topological polar surface area (TPSA) is 9.23 Å². The number of unbranched alkanes of at least 4 members (excludes halogenated alkanes) is 2. The van der Waals surface area contributed by atoms with Crippen LogP contribution in [0.2, 0.25) is 5.02 Å². The predicted octanol–water partition coefficient (Wildman–Crippen LogP) is 6.18. The molecule has 0 aromatic heterocycles. The summed E-state index contributed by atoms with van der Waals surface area (Å²) >= 11 is 6.29. The van der Waals surface area contributed by atoms with E-state index in [1.54, 1.807) is 0 Å². The molecule has 0 bridgehead atoms. The van der Waals surface area contributed by atoms with Gasteiger partial charge in [0.05, 0.1) is 11.1 Å². The zero-order chi connectivity index (χ0) is 15.9. The van der Waals surface area contributed by atoms with E-state index in [9.17, 15) is 4.39 Å². The number of aryl methyl sites for hydroxylation is 1. The number of allylic oxidation sites excluding steroid dienone is 1. The molecule has 1 aromatic carbocycles. The Labute approximate surface area is 138 Å². The molecular formula is C19H26ClFO. The SMILES string of the molecule is CCCCCc1ccc(C2=CCC(OCC)CC2)c(Cl)c1F. The van der Waals surface area contributed by atoms with E-state index >= 15 is 0 Å². The Bertz CT molecular complexity index is 524. The Hall–Kier alpha value is -0.860. The molecule has 1 atom stereocenters. The fraction of sp³-hybridized carbons (Fsp3) is 0.579. The second-order valence-electron chi connectivity index (χ2n) is 5.94. The molecule has 1 aliphatic rings. The highest BCUT2D eigenvalue weighted by Crippen LogP contribution is 2.35.